The van der Waals surface area contributed by atoms with E-state index in [1.165, 1.54) is 12.1 Å². The Balaban J connectivity index is 1.82. The molecule has 1 N–H and O–H groups in total. The molecular formula is C22H14BrFN2O. The minimum Gasteiger partial charge on any atom is -0.322 e. The van der Waals surface area contributed by atoms with Crippen molar-refractivity contribution in [2.24, 2.45) is 0 Å². The highest BCUT2D eigenvalue weighted by atomic mass is 79.9. The normalized spacial score (nSPS) is 10.7. The molecule has 3 aromatic carbocycles. The fraction of sp³-hybridized carbons (Fsp3) is 0. The number of carbonyl (C=O) groups is 1. The van der Waals surface area contributed by atoms with Gasteiger partial charge in [0.25, 0.3) is 5.91 Å². The minimum atomic E-state index is -0.401. The molecular weight excluding hydrogens is 407 g/mol. The molecule has 0 saturated carbocycles. The number of rotatable bonds is 3. The number of carbonyl (C=O) groups excluding carboxylic acids is 1. The third kappa shape index (κ3) is 3.73. The van der Waals surface area contributed by atoms with Crippen molar-refractivity contribution in [2.75, 3.05) is 5.32 Å². The Labute approximate surface area is 164 Å². The second-order valence-corrected chi connectivity index (χ2v) is 6.96. The average Bonchev–Trinajstić information content (AvgIpc) is 2.67. The monoisotopic (exact) mass is 420 g/mol. The van der Waals surface area contributed by atoms with E-state index < -0.39 is 5.82 Å². The Morgan fingerprint density at radius 3 is 2.56 bits per heavy atom. The van der Waals surface area contributed by atoms with Gasteiger partial charge in [0.2, 0.25) is 0 Å². The van der Waals surface area contributed by atoms with E-state index in [0.717, 1.165) is 20.9 Å². The lowest BCUT2D eigenvalue weighted by atomic mass is 10.0. The van der Waals surface area contributed by atoms with Crippen LogP contribution in [-0.2, 0) is 0 Å². The van der Waals surface area contributed by atoms with E-state index in [-0.39, 0.29) is 5.91 Å². The summed E-state index contributed by atoms with van der Waals surface area (Å²) in [6.45, 7) is 0. The number of anilines is 1. The van der Waals surface area contributed by atoms with Crippen molar-refractivity contribution in [3.63, 3.8) is 0 Å². The lowest BCUT2D eigenvalue weighted by molar-refractivity contribution is 0.102. The maximum atomic E-state index is 13.4. The second-order valence-electron chi connectivity index (χ2n) is 6.05. The number of hydrogen-bond donors (Lipinski definition) is 1. The molecule has 0 spiro atoms. The molecule has 132 valence electrons. The van der Waals surface area contributed by atoms with Gasteiger partial charge in [0.05, 0.1) is 16.8 Å². The molecule has 27 heavy (non-hydrogen) atoms. The van der Waals surface area contributed by atoms with Crippen molar-refractivity contribution < 1.29 is 9.18 Å². The summed E-state index contributed by atoms with van der Waals surface area (Å²) < 4.78 is 14.4. The summed E-state index contributed by atoms with van der Waals surface area (Å²) >= 11 is 3.47. The van der Waals surface area contributed by atoms with Gasteiger partial charge in [-0.3, -0.25) is 4.79 Å². The van der Waals surface area contributed by atoms with E-state index in [0.29, 0.717) is 16.9 Å². The summed E-state index contributed by atoms with van der Waals surface area (Å²) in [5.41, 5.74) is 3.21. The van der Waals surface area contributed by atoms with Gasteiger partial charge in [-0.25, -0.2) is 9.37 Å². The van der Waals surface area contributed by atoms with Crippen molar-refractivity contribution in [1.82, 2.24) is 4.98 Å². The number of halogens is 2. The quantitative estimate of drug-likeness (QED) is 0.437. The van der Waals surface area contributed by atoms with Crippen molar-refractivity contribution in [2.45, 2.75) is 0 Å². The third-order valence-corrected chi connectivity index (χ3v) is 4.66. The van der Waals surface area contributed by atoms with Crippen LogP contribution in [0.4, 0.5) is 10.1 Å². The van der Waals surface area contributed by atoms with Gasteiger partial charge in [0.1, 0.15) is 5.82 Å². The fourth-order valence-corrected chi connectivity index (χ4v) is 3.32. The maximum Gasteiger partial charge on any atom is 0.256 e. The Morgan fingerprint density at radius 1 is 0.926 bits per heavy atom. The van der Waals surface area contributed by atoms with E-state index in [1.807, 2.05) is 48.5 Å². The fourth-order valence-electron chi connectivity index (χ4n) is 2.92. The highest BCUT2D eigenvalue weighted by molar-refractivity contribution is 9.10. The van der Waals surface area contributed by atoms with Crippen LogP contribution in [0.3, 0.4) is 0 Å². The van der Waals surface area contributed by atoms with Gasteiger partial charge >= 0.3 is 0 Å². The third-order valence-electron chi connectivity index (χ3n) is 4.16. The van der Waals surface area contributed by atoms with Gasteiger partial charge in [-0.1, -0.05) is 52.3 Å². The highest BCUT2D eigenvalue weighted by Crippen LogP contribution is 2.27. The number of para-hydroxylation sites is 1. The molecule has 1 aromatic heterocycles. The minimum absolute atomic E-state index is 0.310. The number of pyridine rings is 1. The smallest absolute Gasteiger partial charge is 0.256 e. The Morgan fingerprint density at radius 2 is 1.74 bits per heavy atom. The summed E-state index contributed by atoms with van der Waals surface area (Å²) in [6.07, 6.45) is 0. The predicted molar refractivity (Wildman–Crippen MR) is 109 cm³/mol. The van der Waals surface area contributed by atoms with Crippen molar-refractivity contribution in [3.8, 4) is 11.3 Å². The average molecular weight is 421 g/mol. The van der Waals surface area contributed by atoms with Gasteiger partial charge in [-0.2, -0.15) is 0 Å². The molecule has 0 radical (unpaired) electrons. The molecule has 0 aliphatic heterocycles. The number of fused-ring (bicyclic) bond motifs is 1. The lowest BCUT2D eigenvalue weighted by Crippen LogP contribution is -2.13. The number of aromatic nitrogens is 1. The maximum absolute atomic E-state index is 13.4. The predicted octanol–water partition coefficient (Wildman–Crippen LogP) is 6.06. The van der Waals surface area contributed by atoms with Gasteiger partial charge in [0.15, 0.2) is 0 Å². The lowest BCUT2D eigenvalue weighted by Gasteiger charge is -2.11. The molecule has 1 amide bonds. The van der Waals surface area contributed by atoms with Gasteiger partial charge in [0, 0.05) is 21.1 Å². The summed E-state index contributed by atoms with van der Waals surface area (Å²) in [4.78, 5) is 17.6. The van der Waals surface area contributed by atoms with Crippen LogP contribution in [0, 0.1) is 5.82 Å². The van der Waals surface area contributed by atoms with Crippen LogP contribution in [0.1, 0.15) is 10.4 Å². The zero-order valence-corrected chi connectivity index (χ0v) is 15.7. The molecule has 4 rings (SSSR count). The standard InChI is InChI=1S/C22H14BrFN2O/c23-15-6-3-5-14(11-15)21-13-19(18-9-1-2-10-20(18)26-21)22(27)25-17-8-4-7-16(24)12-17/h1-13H,(H,25,27). The second kappa shape index (κ2) is 7.29. The topological polar surface area (TPSA) is 42.0 Å². The molecule has 4 aromatic rings. The first-order valence-electron chi connectivity index (χ1n) is 8.33. The number of nitrogens with one attached hydrogen (secondary N) is 1. The first-order chi connectivity index (χ1) is 13.1. The van der Waals surface area contributed by atoms with Crippen molar-refractivity contribution >= 4 is 38.4 Å². The molecule has 0 atom stereocenters. The van der Waals surface area contributed by atoms with Crippen molar-refractivity contribution in [1.29, 1.82) is 0 Å². The molecule has 5 heteroatoms. The van der Waals surface area contributed by atoms with Crippen LogP contribution < -0.4 is 5.32 Å². The van der Waals surface area contributed by atoms with E-state index in [2.05, 4.69) is 26.2 Å². The molecule has 0 unspecified atom stereocenters. The van der Waals surface area contributed by atoms with Crippen LogP contribution in [0.15, 0.2) is 83.3 Å². The molecule has 0 aliphatic rings. The number of nitrogens with zero attached hydrogens (tertiary/aromatic N) is 1. The van der Waals surface area contributed by atoms with Crippen LogP contribution in [0.5, 0.6) is 0 Å². The Kier molecular flexibility index (Phi) is 4.69. The molecule has 0 bridgehead atoms. The zero-order chi connectivity index (χ0) is 18.8. The Bertz CT molecular complexity index is 1160. The zero-order valence-electron chi connectivity index (χ0n) is 14.1. The summed E-state index contributed by atoms with van der Waals surface area (Å²) in [5.74, 6) is -0.711. The van der Waals surface area contributed by atoms with E-state index in [9.17, 15) is 9.18 Å². The molecule has 0 fully saturated rings. The van der Waals surface area contributed by atoms with Gasteiger partial charge in [-0.05, 0) is 42.5 Å². The van der Waals surface area contributed by atoms with Gasteiger partial charge < -0.3 is 5.32 Å². The first kappa shape index (κ1) is 17.4. The molecule has 3 nitrogen and oxygen atoms in total. The first-order valence-corrected chi connectivity index (χ1v) is 9.12. The van der Waals surface area contributed by atoms with Crippen molar-refractivity contribution in [3.05, 3.63) is 94.7 Å². The largest absolute Gasteiger partial charge is 0.322 e. The van der Waals surface area contributed by atoms with Crippen LogP contribution >= 0.6 is 15.9 Å². The van der Waals surface area contributed by atoms with Crippen LogP contribution in [0.2, 0.25) is 0 Å². The van der Waals surface area contributed by atoms with E-state index in [4.69, 9.17) is 0 Å². The summed E-state index contributed by atoms with van der Waals surface area (Å²) in [7, 11) is 0. The molecule has 0 saturated heterocycles. The van der Waals surface area contributed by atoms with Gasteiger partial charge in [-0.15, -0.1) is 0 Å². The SMILES string of the molecule is O=C(Nc1cccc(F)c1)c1cc(-c2cccc(Br)c2)nc2ccccc12. The van der Waals surface area contributed by atoms with Crippen LogP contribution in [0.25, 0.3) is 22.2 Å². The number of benzene rings is 3. The molecule has 1 heterocycles. The van der Waals surface area contributed by atoms with Crippen LogP contribution in [-0.4, -0.2) is 10.9 Å². The number of hydrogen-bond acceptors (Lipinski definition) is 2. The summed E-state index contributed by atoms with van der Waals surface area (Å²) in [5, 5.41) is 3.51. The van der Waals surface area contributed by atoms with E-state index in [1.54, 1.807) is 18.2 Å². The molecule has 0 aliphatic carbocycles. The number of amides is 1. The Hall–Kier alpha value is -3.05. The summed E-state index contributed by atoms with van der Waals surface area (Å²) in [6, 6.07) is 22.8. The highest BCUT2D eigenvalue weighted by Gasteiger charge is 2.14. The van der Waals surface area contributed by atoms with E-state index >= 15 is 0 Å².